The van der Waals surface area contributed by atoms with Gasteiger partial charge in [0.25, 0.3) is 0 Å². The van der Waals surface area contributed by atoms with E-state index in [0.29, 0.717) is 17.7 Å². The molecule has 1 atom stereocenters. The van der Waals surface area contributed by atoms with Gasteiger partial charge < -0.3 is 0 Å². The van der Waals surface area contributed by atoms with Crippen molar-refractivity contribution in [1.29, 1.82) is 0 Å². The summed E-state index contributed by atoms with van der Waals surface area (Å²) in [6, 6.07) is 25.6. The first-order chi connectivity index (χ1) is 12.6. The first-order valence-electron chi connectivity index (χ1n) is 9.35. The molecule has 0 radical (unpaired) electrons. The van der Waals surface area contributed by atoms with Gasteiger partial charge in [0.1, 0.15) is 0 Å². The molecular weight excluding hydrogens is 332 g/mol. The fraction of sp³-hybridized carbons (Fsp3) is 0.208. The van der Waals surface area contributed by atoms with Gasteiger partial charge in [-0.05, 0) is 46.0 Å². The Morgan fingerprint density at radius 1 is 0.885 bits per heavy atom. The topological polar surface area (TPSA) is 17.1 Å². The Bertz CT molecular complexity index is 985. The van der Waals surface area contributed by atoms with Gasteiger partial charge in [-0.2, -0.15) is 0 Å². The van der Waals surface area contributed by atoms with Gasteiger partial charge in [0.05, 0.1) is 8.07 Å². The van der Waals surface area contributed by atoms with E-state index in [1.807, 2.05) is 0 Å². The lowest BCUT2D eigenvalue weighted by Gasteiger charge is -2.30. The van der Waals surface area contributed by atoms with Crippen molar-refractivity contribution in [2.75, 3.05) is 0 Å². The van der Waals surface area contributed by atoms with Crippen LogP contribution in [-0.2, 0) is 4.79 Å². The largest absolute Gasteiger partial charge is 0.295 e. The van der Waals surface area contributed by atoms with Crippen LogP contribution in [0.15, 0.2) is 78.4 Å². The molecule has 0 saturated heterocycles. The molecule has 26 heavy (non-hydrogen) atoms. The number of rotatable bonds is 3. The van der Waals surface area contributed by atoms with Crippen LogP contribution in [0.25, 0.3) is 16.8 Å². The standard InChI is InChI=1S/C24H24OSi/c1-26(2,21-10-4-3-5-11-21)24-15-14-23(25)22(24)17-18-12-13-19-8-6-7-9-20(19)16-18/h3-13,16-17,24H,14-15H2,1-2H3/b22-17-. The molecule has 2 heteroatoms. The van der Waals surface area contributed by atoms with Crippen LogP contribution in [0, 0.1) is 0 Å². The van der Waals surface area contributed by atoms with E-state index in [9.17, 15) is 4.79 Å². The molecule has 1 nitrogen and oxygen atoms in total. The minimum atomic E-state index is -1.75. The average Bonchev–Trinajstić information content (AvgIpc) is 3.03. The molecule has 1 aliphatic carbocycles. The summed E-state index contributed by atoms with van der Waals surface area (Å²) in [4.78, 5) is 12.7. The SMILES string of the molecule is C[Si](C)(c1ccccc1)C1CCC(=O)/C1=C/c1ccc2ccccc2c1. The molecule has 0 N–H and O–H groups in total. The van der Waals surface area contributed by atoms with Gasteiger partial charge in [-0.3, -0.25) is 4.79 Å². The first-order valence-corrected chi connectivity index (χ1v) is 12.4. The maximum Gasteiger partial charge on any atom is 0.158 e. The molecular formula is C24H24OSi. The predicted octanol–water partition coefficient (Wildman–Crippen LogP) is 5.57. The van der Waals surface area contributed by atoms with Crippen molar-refractivity contribution in [3.05, 3.63) is 83.9 Å². The Morgan fingerprint density at radius 2 is 1.58 bits per heavy atom. The van der Waals surface area contributed by atoms with E-state index in [2.05, 4.69) is 92.0 Å². The fourth-order valence-corrected chi connectivity index (χ4v) is 7.59. The van der Waals surface area contributed by atoms with E-state index in [0.717, 1.165) is 17.6 Å². The number of hydrogen-bond donors (Lipinski definition) is 0. The van der Waals surface area contributed by atoms with Crippen molar-refractivity contribution < 1.29 is 4.79 Å². The van der Waals surface area contributed by atoms with Crippen LogP contribution in [0.3, 0.4) is 0 Å². The van der Waals surface area contributed by atoms with E-state index in [1.54, 1.807) is 0 Å². The van der Waals surface area contributed by atoms with Gasteiger partial charge in [-0.25, -0.2) is 0 Å². The Hall–Kier alpha value is -2.45. The molecule has 1 fully saturated rings. The summed E-state index contributed by atoms with van der Waals surface area (Å²) in [5.41, 5.74) is 2.57. The quantitative estimate of drug-likeness (QED) is 0.443. The van der Waals surface area contributed by atoms with Gasteiger partial charge >= 0.3 is 0 Å². The van der Waals surface area contributed by atoms with Crippen LogP contribution in [-0.4, -0.2) is 13.9 Å². The van der Waals surface area contributed by atoms with E-state index in [1.165, 1.54) is 16.0 Å². The van der Waals surface area contributed by atoms with Crippen molar-refractivity contribution in [3.8, 4) is 0 Å². The van der Waals surface area contributed by atoms with Crippen molar-refractivity contribution in [2.45, 2.75) is 31.5 Å². The number of carbonyl (C=O) groups excluding carboxylic acids is 1. The minimum Gasteiger partial charge on any atom is -0.295 e. The second-order valence-corrected chi connectivity index (χ2v) is 12.5. The summed E-state index contributed by atoms with van der Waals surface area (Å²) in [6.07, 6.45) is 3.84. The molecule has 1 unspecified atom stereocenters. The van der Waals surface area contributed by atoms with Gasteiger partial charge in [0.2, 0.25) is 0 Å². The van der Waals surface area contributed by atoms with Crippen LogP contribution in [0.1, 0.15) is 18.4 Å². The summed E-state index contributed by atoms with van der Waals surface area (Å²) in [7, 11) is -1.75. The molecule has 3 aromatic carbocycles. The predicted molar refractivity (Wildman–Crippen MR) is 113 cm³/mol. The molecule has 130 valence electrons. The number of carbonyl (C=O) groups is 1. The van der Waals surface area contributed by atoms with Gasteiger partial charge in [0.15, 0.2) is 5.78 Å². The van der Waals surface area contributed by atoms with Crippen LogP contribution in [0.4, 0.5) is 0 Å². The molecule has 0 spiro atoms. The zero-order valence-electron chi connectivity index (χ0n) is 15.4. The molecule has 0 heterocycles. The molecule has 0 bridgehead atoms. The number of Topliss-reactive ketones (excluding diaryl/α,β-unsaturated/α-hetero) is 1. The van der Waals surface area contributed by atoms with Gasteiger partial charge in [0, 0.05) is 6.42 Å². The molecule has 0 amide bonds. The lowest BCUT2D eigenvalue weighted by Crippen LogP contribution is -2.45. The third kappa shape index (κ3) is 3.06. The number of ketones is 1. The molecule has 1 aliphatic rings. The number of allylic oxidation sites excluding steroid dienone is 1. The zero-order valence-corrected chi connectivity index (χ0v) is 16.4. The van der Waals surface area contributed by atoms with Crippen molar-refractivity contribution in [2.24, 2.45) is 0 Å². The zero-order chi connectivity index (χ0) is 18.1. The van der Waals surface area contributed by atoms with E-state index >= 15 is 0 Å². The summed E-state index contributed by atoms with van der Waals surface area (Å²) < 4.78 is 0. The van der Waals surface area contributed by atoms with E-state index in [-0.39, 0.29) is 0 Å². The van der Waals surface area contributed by atoms with Crippen molar-refractivity contribution in [1.82, 2.24) is 0 Å². The summed E-state index contributed by atoms with van der Waals surface area (Å²) in [5, 5.41) is 3.90. The summed E-state index contributed by atoms with van der Waals surface area (Å²) in [5.74, 6) is 0.333. The first kappa shape index (κ1) is 17.0. The van der Waals surface area contributed by atoms with Crippen LogP contribution >= 0.6 is 0 Å². The number of benzene rings is 3. The second kappa shape index (κ2) is 6.69. The highest BCUT2D eigenvalue weighted by Gasteiger charge is 2.41. The summed E-state index contributed by atoms with van der Waals surface area (Å²) >= 11 is 0. The molecule has 4 rings (SSSR count). The molecule has 0 aliphatic heterocycles. The highest BCUT2D eigenvalue weighted by atomic mass is 28.3. The smallest absolute Gasteiger partial charge is 0.158 e. The number of hydrogen-bond acceptors (Lipinski definition) is 1. The Labute approximate surface area is 156 Å². The molecule has 3 aromatic rings. The molecule has 1 saturated carbocycles. The van der Waals surface area contributed by atoms with Crippen LogP contribution < -0.4 is 5.19 Å². The number of fused-ring (bicyclic) bond motifs is 1. The third-order valence-corrected chi connectivity index (χ3v) is 10.0. The Morgan fingerprint density at radius 3 is 2.35 bits per heavy atom. The van der Waals surface area contributed by atoms with Crippen molar-refractivity contribution >= 4 is 35.9 Å². The molecule has 0 aromatic heterocycles. The van der Waals surface area contributed by atoms with Gasteiger partial charge in [-0.1, -0.05) is 85.0 Å². The van der Waals surface area contributed by atoms with Gasteiger partial charge in [-0.15, -0.1) is 0 Å². The van der Waals surface area contributed by atoms with E-state index in [4.69, 9.17) is 0 Å². The Kier molecular flexibility index (Phi) is 4.37. The maximum absolute atomic E-state index is 12.7. The van der Waals surface area contributed by atoms with E-state index < -0.39 is 8.07 Å². The monoisotopic (exact) mass is 356 g/mol. The average molecular weight is 357 g/mol. The summed E-state index contributed by atoms with van der Waals surface area (Å²) in [6.45, 7) is 4.81. The highest BCUT2D eigenvalue weighted by Crippen LogP contribution is 2.42. The van der Waals surface area contributed by atoms with Crippen LogP contribution in [0.5, 0.6) is 0 Å². The highest BCUT2D eigenvalue weighted by molar-refractivity contribution is 6.92. The maximum atomic E-state index is 12.7. The normalized spacial score (nSPS) is 19.4. The second-order valence-electron chi connectivity index (χ2n) is 7.81. The van der Waals surface area contributed by atoms with Crippen LogP contribution in [0.2, 0.25) is 18.6 Å². The Balaban J connectivity index is 1.75. The lowest BCUT2D eigenvalue weighted by molar-refractivity contribution is -0.114. The minimum absolute atomic E-state index is 0.333. The fourth-order valence-electron chi connectivity index (χ4n) is 4.25. The third-order valence-electron chi connectivity index (χ3n) is 5.84. The van der Waals surface area contributed by atoms with Crippen molar-refractivity contribution in [3.63, 3.8) is 0 Å². The lowest BCUT2D eigenvalue weighted by atomic mass is 10.0.